The van der Waals surface area contributed by atoms with Gasteiger partial charge in [-0.2, -0.15) is 0 Å². The highest BCUT2D eigenvalue weighted by atomic mass is 16.2. The molecule has 20 heavy (non-hydrogen) atoms. The molecule has 2 rings (SSSR count). The first-order valence-electron chi connectivity index (χ1n) is 8.35. The number of carbonyl (C=O) groups excluding carboxylic acids is 1. The molecule has 2 aliphatic rings. The van der Waals surface area contributed by atoms with Gasteiger partial charge in [-0.1, -0.05) is 13.8 Å². The molecular formula is C16H31N3O. The molecule has 0 radical (unpaired) electrons. The number of nitrogens with zero attached hydrogens (tertiary/aromatic N) is 2. The Morgan fingerprint density at radius 3 is 2.45 bits per heavy atom. The number of rotatable bonds is 3. The van der Waals surface area contributed by atoms with Crippen molar-refractivity contribution in [1.82, 2.24) is 15.1 Å². The second-order valence-electron chi connectivity index (χ2n) is 6.96. The quantitative estimate of drug-likeness (QED) is 0.863. The van der Waals surface area contributed by atoms with E-state index < -0.39 is 0 Å². The van der Waals surface area contributed by atoms with E-state index in [1.807, 2.05) is 4.90 Å². The van der Waals surface area contributed by atoms with Crippen LogP contribution in [-0.2, 0) is 0 Å². The van der Waals surface area contributed by atoms with Crippen molar-refractivity contribution in [3.63, 3.8) is 0 Å². The van der Waals surface area contributed by atoms with Crippen molar-refractivity contribution in [2.75, 3.05) is 26.2 Å². The lowest BCUT2D eigenvalue weighted by molar-refractivity contribution is 0.142. The second kappa shape index (κ2) is 7.30. The van der Waals surface area contributed by atoms with Gasteiger partial charge in [-0.05, 0) is 44.9 Å². The molecule has 0 saturated carbocycles. The highest BCUT2D eigenvalue weighted by Gasteiger charge is 2.26. The van der Waals surface area contributed by atoms with E-state index in [4.69, 9.17) is 0 Å². The van der Waals surface area contributed by atoms with Gasteiger partial charge < -0.3 is 15.1 Å². The molecule has 0 aromatic carbocycles. The van der Waals surface area contributed by atoms with Crippen LogP contribution in [-0.4, -0.2) is 54.1 Å². The summed E-state index contributed by atoms with van der Waals surface area (Å²) in [5, 5.41) is 3.25. The minimum absolute atomic E-state index is 0.166. The highest BCUT2D eigenvalue weighted by molar-refractivity contribution is 5.75. The van der Waals surface area contributed by atoms with Crippen molar-refractivity contribution in [3.05, 3.63) is 0 Å². The first-order valence-corrected chi connectivity index (χ1v) is 8.35. The minimum Gasteiger partial charge on any atom is -0.335 e. The number of carbonyl (C=O) groups is 1. The lowest BCUT2D eigenvalue weighted by atomic mass is 10.0. The van der Waals surface area contributed by atoms with Gasteiger partial charge in [0.15, 0.2) is 0 Å². The van der Waals surface area contributed by atoms with Crippen molar-refractivity contribution in [1.29, 1.82) is 0 Å². The molecule has 1 atom stereocenters. The van der Waals surface area contributed by atoms with E-state index in [9.17, 15) is 4.79 Å². The summed E-state index contributed by atoms with van der Waals surface area (Å²) in [7, 11) is 0. The fourth-order valence-corrected chi connectivity index (χ4v) is 3.43. The van der Waals surface area contributed by atoms with Crippen molar-refractivity contribution >= 4 is 6.03 Å². The van der Waals surface area contributed by atoms with E-state index in [1.54, 1.807) is 0 Å². The predicted octanol–water partition coefficient (Wildman–Crippen LogP) is 2.69. The summed E-state index contributed by atoms with van der Waals surface area (Å²) in [6.45, 7) is 11.1. The normalized spacial score (nSPS) is 26.0. The van der Waals surface area contributed by atoms with Crippen LogP contribution in [0.15, 0.2) is 0 Å². The molecule has 1 unspecified atom stereocenters. The number of piperidine rings is 2. The van der Waals surface area contributed by atoms with Gasteiger partial charge in [0.2, 0.25) is 0 Å². The van der Waals surface area contributed by atoms with Gasteiger partial charge in [-0.25, -0.2) is 4.79 Å². The van der Waals surface area contributed by atoms with Gasteiger partial charge in [-0.15, -0.1) is 0 Å². The number of urea groups is 1. The summed E-state index contributed by atoms with van der Waals surface area (Å²) in [5.41, 5.74) is 0. The molecule has 2 amide bonds. The Morgan fingerprint density at radius 2 is 1.85 bits per heavy atom. The summed E-state index contributed by atoms with van der Waals surface area (Å²) >= 11 is 0. The Balaban J connectivity index is 1.73. The molecule has 2 saturated heterocycles. The Labute approximate surface area is 123 Å². The lowest BCUT2D eigenvalue weighted by Gasteiger charge is -2.37. The van der Waals surface area contributed by atoms with Crippen LogP contribution in [0.25, 0.3) is 0 Å². The molecule has 4 nitrogen and oxygen atoms in total. The van der Waals surface area contributed by atoms with Crippen LogP contribution in [0.4, 0.5) is 4.79 Å². The topological polar surface area (TPSA) is 35.6 Å². The Bertz CT molecular complexity index is 311. The monoisotopic (exact) mass is 281 g/mol. The number of nitrogens with one attached hydrogen (secondary N) is 1. The highest BCUT2D eigenvalue weighted by Crippen LogP contribution is 2.18. The van der Waals surface area contributed by atoms with Crippen LogP contribution in [0.3, 0.4) is 0 Å². The molecule has 0 aromatic heterocycles. The number of amides is 2. The lowest BCUT2D eigenvalue weighted by Crippen LogP contribution is -2.52. The molecule has 0 spiro atoms. The van der Waals surface area contributed by atoms with E-state index in [2.05, 4.69) is 31.0 Å². The molecule has 1 N–H and O–H groups in total. The number of likely N-dealkylation sites (tertiary alicyclic amines) is 2. The summed E-state index contributed by atoms with van der Waals surface area (Å²) in [6.07, 6.45) is 5.77. The van der Waals surface area contributed by atoms with Crippen LogP contribution in [0.2, 0.25) is 0 Å². The van der Waals surface area contributed by atoms with E-state index in [0.717, 1.165) is 51.2 Å². The van der Waals surface area contributed by atoms with Gasteiger partial charge in [0.1, 0.15) is 0 Å². The maximum atomic E-state index is 12.3. The second-order valence-corrected chi connectivity index (χ2v) is 6.96. The maximum absolute atomic E-state index is 12.3. The van der Waals surface area contributed by atoms with Crippen molar-refractivity contribution < 1.29 is 4.79 Å². The third kappa shape index (κ3) is 4.37. The molecule has 2 heterocycles. The molecule has 2 aliphatic heterocycles. The average molecular weight is 281 g/mol. The largest absolute Gasteiger partial charge is 0.335 e. The van der Waals surface area contributed by atoms with Crippen molar-refractivity contribution in [2.24, 2.45) is 5.92 Å². The Hall–Kier alpha value is -0.770. The van der Waals surface area contributed by atoms with Crippen LogP contribution in [0.5, 0.6) is 0 Å². The molecule has 0 aromatic rings. The Morgan fingerprint density at radius 1 is 1.15 bits per heavy atom. The molecule has 0 bridgehead atoms. The number of hydrogen-bond acceptors (Lipinski definition) is 2. The fraction of sp³-hybridized carbons (Fsp3) is 0.938. The Kier molecular flexibility index (Phi) is 5.70. The van der Waals surface area contributed by atoms with Crippen LogP contribution >= 0.6 is 0 Å². The molecule has 0 aliphatic carbocycles. The van der Waals surface area contributed by atoms with E-state index in [0.29, 0.717) is 12.1 Å². The van der Waals surface area contributed by atoms with E-state index >= 15 is 0 Å². The van der Waals surface area contributed by atoms with Crippen LogP contribution in [0, 0.1) is 5.92 Å². The summed E-state index contributed by atoms with van der Waals surface area (Å²) in [5.74, 6) is 0.732. The average Bonchev–Trinajstić information content (AvgIpc) is 2.41. The van der Waals surface area contributed by atoms with Gasteiger partial charge >= 0.3 is 6.03 Å². The standard InChI is InChI=1S/C16H31N3O/c1-13(2)12-18-10-7-15(8-11-18)17-16(20)19-9-5-4-6-14(19)3/h13-15H,4-12H2,1-3H3,(H,17,20). The zero-order valence-corrected chi connectivity index (χ0v) is 13.4. The van der Waals surface area contributed by atoms with Gasteiger partial charge in [0.05, 0.1) is 0 Å². The molecule has 4 heteroatoms. The van der Waals surface area contributed by atoms with Gasteiger partial charge in [0.25, 0.3) is 0 Å². The van der Waals surface area contributed by atoms with Gasteiger partial charge in [-0.3, -0.25) is 0 Å². The smallest absolute Gasteiger partial charge is 0.317 e. The third-order valence-electron chi connectivity index (χ3n) is 4.60. The van der Waals surface area contributed by atoms with Crippen molar-refractivity contribution in [3.8, 4) is 0 Å². The summed E-state index contributed by atoms with van der Waals surface area (Å²) in [6, 6.07) is 0.948. The predicted molar refractivity (Wildman–Crippen MR) is 82.9 cm³/mol. The maximum Gasteiger partial charge on any atom is 0.317 e. The first kappa shape index (κ1) is 15.6. The van der Waals surface area contributed by atoms with Crippen LogP contribution in [0.1, 0.15) is 52.9 Å². The number of hydrogen-bond donors (Lipinski definition) is 1. The van der Waals surface area contributed by atoms with Gasteiger partial charge in [0, 0.05) is 38.3 Å². The summed E-state index contributed by atoms with van der Waals surface area (Å²) in [4.78, 5) is 16.9. The third-order valence-corrected chi connectivity index (χ3v) is 4.60. The first-order chi connectivity index (χ1) is 9.56. The minimum atomic E-state index is 0.166. The molecular weight excluding hydrogens is 250 g/mol. The van der Waals surface area contributed by atoms with E-state index in [1.165, 1.54) is 13.0 Å². The zero-order chi connectivity index (χ0) is 14.5. The van der Waals surface area contributed by atoms with E-state index in [-0.39, 0.29) is 6.03 Å². The van der Waals surface area contributed by atoms with Crippen molar-refractivity contribution in [2.45, 2.75) is 65.0 Å². The molecule has 2 fully saturated rings. The SMILES string of the molecule is CC(C)CN1CCC(NC(=O)N2CCCCC2C)CC1. The summed E-state index contributed by atoms with van der Waals surface area (Å²) < 4.78 is 0. The fourth-order valence-electron chi connectivity index (χ4n) is 3.43. The molecule has 116 valence electrons. The van der Waals surface area contributed by atoms with Crippen LogP contribution < -0.4 is 5.32 Å². The zero-order valence-electron chi connectivity index (χ0n) is 13.4.